The molecule has 3 heteroatoms. The molecule has 1 unspecified atom stereocenters. The molecule has 0 amide bonds. The van der Waals surface area contributed by atoms with Crippen molar-refractivity contribution in [3.63, 3.8) is 0 Å². The van der Waals surface area contributed by atoms with Gasteiger partial charge in [-0.3, -0.25) is 9.97 Å². The van der Waals surface area contributed by atoms with Gasteiger partial charge in [0, 0.05) is 12.4 Å². The first-order valence-electron chi connectivity index (χ1n) is 6.28. The summed E-state index contributed by atoms with van der Waals surface area (Å²) < 4.78 is 0. The Labute approximate surface area is 108 Å². The first-order chi connectivity index (χ1) is 8.72. The van der Waals surface area contributed by atoms with Crippen LogP contribution < -0.4 is 5.32 Å². The molecular formula is C15H19N3. The van der Waals surface area contributed by atoms with Crippen molar-refractivity contribution in [1.82, 2.24) is 15.3 Å². The molecule has 2 aromatic rings. The molecule has 0 fully saturated rings. The highest BCUT2D eigenvalue weighted by atomic mass is 14.9. The van der Waals surface area contributed by atoms with Crippen LogP contribution in [0.3, 0.4) is 0 Å². The highest BCUT2D eigenvalue weighted by Gasteiger charge is 2.16. The highest BCUT2D eigenvalue weighted by Crippen LogP contribution is 2.23. The molecule has 0 saturated carbocycles. The molecule has 94 valence electrons. The summed E-state index contributed by atoms with van der Waals surface area (Å²) in [5, 5.41) is 3.48. The van der Waals surface area contributed by atoms with Gasteiger partial charge in [-0.15, -0.1) is 0 Å². The van der Waals surface area contributed by atoms with Crippen molar-refractivity contribution < 1.29 is 0 Å². The lowest BCUT2D eigenvalue weighted by Gasteiger charge is -2.20. The first kappa shape index (κ1) is 12.7. The fourth-order valence-electron chi connectivity index (χ4n) is 2.11. The molecule has 0 bridgehead atoms. The maximum absolute atomic E-state index is 4.42. The molecule has 0 aliphatic carbocycles. The van der Waals surface area contributed by atoms with Gasteiger partial charge >= 0.3 is 0 Å². The summed E-state index contributed by atoms with van der Waals surface area (Å²) in [5.74, 6) is 0. The molecule has 1 aromatic carbocycles. The molecule has 0 radical (unpaired) electrons. The predicted octanol–water partition coefficient (Wildman–Crippen LogP) is 2.79. The molecular weight excluding hydrogens is 222 g/mol. The average Bonchev–Trinajstić information content (AvgIpc) is 2.40. The molecule has 0 aliphatic heterocycles. The molecule has 0 spiro atoms. The van der Waals surface area contributed by atoms with Crippen LogP contribution >= 0.6 is 0 Å². The van der Waals surface area contributed by atoms with E-state index in [9.17, 15) is 0 Å². The fraction of sp³-hybridized carbons (Fsp3) is 0.333. The Morgan fingerprint density at radius 3 is 2.72 bits per heavy atom. The Balaban J connectivity index is 2.44. The van der Waals surface area contributed by atoms with Crippen LogP contribution in [0.15, 0.2) is 36.8 Å². The number of rotatable bonds is 4. The van der Waals surface area contributed by atoms with Crippen molar-refractivity contribution in [3.8, 4) is 0 Å². The smallest absolute Gasteiger partial charge is 0.0801 e. The van der Waals surface area contributed by atoms with Gasteiger partial charge in [-0.05, 0) is 31.5 Å². The van der Waals surface area contributed by atoms with Gasteiger partial charge in [0.15, 0.2) is 0 Å². The maximum Gasteiger partial charge on any atom is 0.0801 e. The van der Waals surface area contributed by atoms with E-state index in [2.05, 4.69) is 54.3 Å². The number of aromatic nitrogens is 2. The Bertz CT molecular complexity index is 508. The summed E-state index contributed by atoms with van der Waals surface area (Å²) in [6, 6.07) is 6.63. The van der Waals surface area contributed by atoms with Crippen LogP contribution in [-0.4, -0.2) is 16.5 Å². The van der Waals surface area contributed by atoms with Crippen molar-refractivity contribution in [3.05, 3.63) is 59.2 Å². The zero-order chi connectivity index (χ0) is 13.0. The van der Waals surface area contributed by atoms with Gasteiger partial charge < -0.3 is 5.32 Å². The average molecular weight is 241 g/mol. The Morgan fingerprint density at radius 1 is 1.22 bits per heavy atom. The summed E-state index contributed by atoms with van der Waals surface area (Å²) in [6.07, 6.45) is 5.27. The van der Waals surface area contributed by atoms with Crippen molar-refractivity contribution in [2.45, 2.75) is 26.8 Å². The minimum absolute atomic E-state index is 0.114. The second-order valence-electron chi connectivity index (χ2n) is 4.48. The molecule has 3 nitrogen and oxygen atoms in total. The minimum Gasteiger partial charge on any atom is -0.305 e. The second-order valence-corrected chi connectivity index (χ2v) is 4.48. The maximum atomic E-state index is 4.42. The summed E-state index contributed by atoms with van der Waals surface area (Å²) >= 11 is 0. The van der Waals surface area contributed by atoms with Crippen LogP contribution in [0.2, 0.25) is 0 Å². The lowest BCUT2D eigenvalue weighted by molar-refractivity contribution is 0.609. The van der Waals surface area contributed by atoms with Gasteiger partial charge in [0.2, 0.25) is 0 Å². The molecule has 1 aromatic heterocycles. The van der Waals surface area contributed by atoms with Gasteiger partial charge in [-0.2, -0.15) is 0 Å². The van der Waals surface area contributed by atoms with Crippen molar-refractivity contribution in [1.29, 1.82) is 0 Å². The molecule has 1 heterocycles. The molecule has 0 saturated heterocycles. The quantitative estimate of drug-likeness (QED) is 0.894. The van der Waals surface area contributed by atoms with Gasteiger partial charge in [-0.25, -0.2) is 0 Å². The number of nitrogens with zero attached hydrogens (tertiary/aromatic N) is 2. The Kier molecular flexibility index (Phi) is 4.05. The monoisotopic (exact) mass is 241 g/mol. The van der Waals surface area contributed by atoms with Crippen molar-refractivity contribution >= 4 is 0 Å². The largest absolute Gasteiger partial charge is 0.305 e. The van der Waals surface area contributed by atoms with E-state index in [1.54, 1.807) is 12.4 Å². The zero-order valence-electron chi connectivity index (χ0n) is 11.1. The third-order valence-corrected chi connectivity index (χ3v) is 3.03. The van der Waals surface area contributed by atoms with Gasteiger partial charge in [0.25, 0.3) is 0 Å². The van der Waals surface area contributed by atoms with E-state index in [1.807, 2.05) is 6.20 Å². The normalized spacial score (nSPS) is 12.4. The lowest BCUT2D eigenvalue weighted by Crippen LogP contribution is -2.24. The molecule has 1 atom stereocenters. The van der Waals surface area contributed by atoms with Crippen molar-refractivity contribution in [2.24, 2.45) is 0 Å². The topological polar surface area (TPSA) is 37.8 Å². The van der Waals surface area contributed by atoms with E-state index in [0.717, 1.165) is 12.2 Å². The summed E-state index contributed by atoms with van der Waals surface area (Å²) in [6.45, 7) is 7.25. The van der Waals surface area contributed by atoms with Crippen LogP contribution in [0.25, 0.3) is 0 Å². The van der Waals surface area contributed by atoms with Crippen LogP contribution in [-0.2, 0) is 0 Å². The van der Waals surface area contributed by atoms with Crippen molar-refractivity contribution in [2.75, 3.05) is 6.54 Å². The minimum atomic E-state index is 0.114. The Hall–Kier alpha value is -1.74. The zero-order valence-corrected chi connectivity index (χ0v) is 11.1. The highest BCUT2D eigenvalue weighted by molar-refractivity contribution is 5.36. The number of hydrogen-bond donors (Lipinski definition) is 1. The van der Waals surface area contributed by atoms with Gasteiger partial charge in [0.05, 0.1) is 17.9 Å². The number of hydrogen-bond acceptors (Lipinski definition) is 3. The van der Waals surface area contributed by atoms with Crippen LogP contribution in [0.4, 0.5) is 0 Å². The molecule has 0 aliphatic rings. The third-order valence-electron chi connectivity index (χ3n) is 3.03. The standard InChI is InChI=1S/C15H19N3/c1-4-17-15(14-10-16-7-8-18-14)13-9-11(2)5-6-12(13)3/h5-10,15,17H,4H2,1-3H3. The third kappa shape index (κ3) is 2.74. The van der Waals surface area contributed by atoms with E-state index in [1.165, 1.54) is 16.7 Å². The summed E-state index contributed by atoms with van der Waals surface area (Å²) in [5.41, 5.74) is 4.78. The lowest BCUT2D eigenvalue weighted by atomic mass is 9.97. The van der Waals surface area contributed by atoms with E-state index in [4.69, 9.17) is 0 Å². The summed E-state index contributed by atoms with van der Waals surface area (Å²) in [4.78, 5) is 8.58. The van der Waals surface area contributed by atoms with E-state index < -0.39 is 0 Å². The van der Waals surface area contributed by atoms with Gasteiger partial charge in [-0.1, -0.05) is 30.7 Å². The SMILES string of the molecule is CCNC(c1cnccn1)c1cc(C)ccc1C. The summed E-state index contributed by atoms with van der Waals surface area (Å²) in [7, 11) is 0. The van der Waals surface area contributed by atoms with Gasteiger partial charge in [0.1, 0.15) is 0 Å². The van der Waals surface area contributed by atoms with Crippen LogP contribution in [0, 0.1) is 13.8 Å². The van der Waals surface area contributed by atoms with E-state index in [-0.39, 0.29) is 6.04 Å². The first-order valence-corrected chi connectivity index (χ1v) is 6.28. The molecule has 2 rings (SSSR count). The van der Waals surface area contributed by atoms with Crippen LogP contribution in [0.5, 0.6) is 0 Å². The second kappa shape index (κ2) is 5.74. The fourth-order valence-corrected chi connectivity index (χ4v) is 2.11. The van der Waals surface area contributed by atoms with E-state index >= 15 is 0 Å². The number of nitrogens with one attached hydrogen (secondary N) is 1. The number of aryl methyl sites for hydroxylation is 2. The molecule has 1 N–H and O–H groups in total. The van der Waals surface area contributed by atoms with E-state index in [0.29, 0.717) is 0 Å². The molecule has 18 heavy (non-hydrogen) atoms. The Morgan fingerprint density at radius 2 is 2.06 bits per heavy atom. The number of benzene rings is 1. The predicted molar refractivity (Wildman–Crippen MR) is 73.5 cm³/mol. The van der Waals surface area contributed by atoms with Crippen LogP contribution in [0.1, 0.15) is 35.3 Å².